The summed E-state index contributed by atoms with van der Waals surface area (Å²) in [6.45, 7) is 1.69. The molecule has 0 bridgehead atoms. The van der Waals surface area contributed by atoms with E-state index >= 15 is 0 Å². The molecule has 1 aliphatic heterocycles. The summed E-state index contributed by atoms with van der Waals surface area (Å²) in [6.07, 6.45) is 1.57. The number of rotatable bonds is 4. The second-order valence-electron chi connectivity index (χ2n) is 4.99. The quantitative estimate of drug-likeness (QED) is 0.857. The average molecular weight is 282 g/mol. The first-order chi connectivity index (χ1) is 9.17. The molecule has 0 saturated heterocycles. The van der Waals surface area contributed by atoms with Crippen LogP contribution in [0.3, 0.4) is 0 Å². The number of hydrogen-bond acceptors (Lipinski definition) is 4. The standard InChI is InChI=1S/C13H18N2O3S/c16-19(17,10-5-6-10)15-9-12-11-3-1-2-4-13(11)18-8-7-14-12/h1-4,10,12,14-15H,5-9H2. The van der Waals surface area contributed by atoms with E-state index in [2.05, 4.69) is 10.0 Å². The van der Waals surface area contributed by atoms with Crippen molar-refractivity contribution in [1.29, 1.82) is 0 Å². The van der Waals surface area contributed by atoms with Gasteiger partial charge in [-0.15, -0.1) is 0 Å². The Kier molecular flexibility index (Phi) is 3.47. The lowest BCUT2D eigenvalue weighted by atomic mass is 10.1. The molecule has 6 heteroatoms. The highest BCUT2D eigenvalue weighted by Gasteiger charge is 2.36. The van der Waals surface area contributed by atoms with E-state index in [1.54, 1.807) is 0 Å². The fourth-order valence-corrected chi connectivity index (χ4v) is 3.67. The highest BCUT2D eigenvalue weighted by Crippen LogP contribution is 2.29. The first-order valence-corrected chi connectivity index (χ1v) is 8.15. The van der Waals surface area contributed by atoms with E-state index in [9.17, 15) is 8.42 Å². The van der Waals surface area contributed by atoms with Crippen molar-refractivity contribution >= 4 is 10.0 Å². The van der Waals surface area contributed by atoms with E-state index in [1.165, 1.54) is 0 Å². The molecule has 0 aromatic heterocycles. The van der Waals surface area contributed by atoms with Crippen molar-refractivity contribution < 1.29 is 13.2 Å². The van der Waals surface area contributed by atoms with Gasteiger partial charge in [-0.05, 0) is 18.9 Å². The zero-order chi connectivity index (χ0) is 13.3. The molecule has 1 atom stereocenters. The van der Waals surface area contributed by atoms with Crippen molar-refractivity contribution in [3.8, 4) is 5.75 Å². The van der Waals surface area contributed by atoms with Crippen LogP contribution in [0.15, 0.2) is 24.3 Å². The molecule has 0 radical (unpaired) electrons. The van der Waals surface area contributed by atoms with E-state index in [4.69, 9.17) is 4.74 Å². The first kappa shape index (κ1) is 12.9. The molecule has 1 aliphatic carbocycles. The van der Waals surface area contributed by atoms with Gasteiger partial charge >= 0.3 is 0 Å². The lowest BCUT2D eigenvalue weighted by Gasteiger charge is -2.18. The summed E-state index contributed by atoms with van der Waals surface area (Å²) in [5.41, 5.74) is 1.01. The van der Waals surface area contributed by atoms with Crippen LogP contribution in [-0.4, -0.2) is 33.4 Å². The predicted octanol–water partition coefficient (Wildman–Crippen LogP) is 0.792. The zero-order valence-electron chi connectivity index (χ0n) is 10.6. The molecule has 19 heavy (non-hydrogen) atoms. The van der Waals surface area contributed by atoms with Crippen LogP contribution in [-0.2, 0) is 10.0 Å². The van der Waals surface area contributed by atoms with Crippen molar-refractivity contribution in [3.63, 3.8) is 0 Å². The minimum atomic E-state index is -3.13. The summed E-state index contributed by atoms with van der Waals surface area (Å²) in [5.74, 6) is 0.836. The Bertz CT molecular complexity index is 555. The normalized spacial score (nSPS) is 23.3. The lowest BCUT2D eigenvalue weighted by Crippen LogP contribution is -2.36. The fourth-order valence-electron chi connectivity index (χ4n) is 2.28. The van der Waals surface area contributed by atoms with Gasteiger partial charge in [-0.3, -0.25) is 0 Å². The summed E-state index contributed by atoms with van der Waals surface area (Å²) >= 11 is 0. The summed E-state index contributed by atoms with van der Waals surface area (Å²) in [4.78, 5) is 0. The molecule has 3 rings (SSSR count). The number of para-hydroxylation sites is 1. The summed E-state index contributed by atoms with van der Waals surface area (Å²) in [6, 6.07) is 7.73. The topological polar surface area (TPSA) is 67.4 Å². The zero-order valence-corrected chi connectivity index (χ0v) is 11.4. The van der Waals surface area contributed by atoms with Crippen LogP contribution in [0.25, 0.3) is 0 Å². The monoisotopic (exact) mass is 282 g/mol. The maximum atomic E-state index is 11.9. The van der Waals surface area contributed by atoms with Crippen LogP contribution < -0.4 is 14.8 Å². The smallest absolute Gasteiger partial charge is 0.214 e. The molecule has 2 N–H and O–H groups in total. The van der Waals surface area contributed by atoms with Crippen molar-refractivity contribution in [2.75, 3.05) is 19.7 Å². The second-order valence-corrected chi connectivity index (χ2v) is 7.03. The van der Waals surface area contributed by atoms with Gasteiger partial charge in [0, 0.05) is 24.7 Å². The Morgan fingerprint density at radius 3 is 2.89 bits per heavy atom. The number of ether oxygens (including phenoxy) is 1. The van der Waals surface area contributed by atoms with Gasteiger partial charge in [0.25, 0.3) is 0 Å². The Hall–Kier alpha value is -1.11. The van der Waals surface area contributed by atoms with E-state index in [0.717, 1.165) is 24.2 Å². The number of sulfonamides is 1. The fraction of sp³-hybridized carbons (Fsp3) is 0.538. The van der Waals surface area contributed by atoms with Gasteiger partial charge in [0.2, 0.25) is 10.0 Å². The van der Waals surface area contributed by atoms with Gasteiger partial charge in [0.05, 0.1) is 5.25 Å². The third kappa shape index (κ3) is 2.91. The van der Waals surface area contributed by atoms with E-state index in [0.29, 0.717) is 19.7 Å². The number of hydrogen-bond donors (Lipinski definition) is 2. The molecule has 1 aromatic rings. The molecule has 1 heterocycles. The number of fused-ring (bicyclic) bond motifs is 1. The second kappa shape index (κ2) is 5.11. The molecule has 0 amide bonds. The Labute approximate surface area is 113 Å². The summed E-state index contributed by atoms with van der Waals surface area (Å²) in [5, 5.41) is 3.14. The third-order valence-corrected chi connectivity index (χ3v) is 5.41. The summed E-state index contributed by atoms with van der Waals surface area (Å²) < 4.78 is 32.1. The third-order valence-electron chi connectivity index (χ3n) is 3.50. The first-order valence-electron chi connectivity index (χ1n) is 6.60. The minimum Gasteiger partial charge on any atom is -0.492 e. The van der Waals surface area contributed by atoms with Gasteiger partial charge in [0.1, 0.15) is 12.4 Å². The van der Waals surface area contributed by atoms with E-state index < -0.39 is 10.0 Å². The Balaban J connectivity index is 1.73. The average Bonchev–Trinajstić information content (AvgIpc) is 3.24. The molecule has 1 aromatic carbocycles. The molecular weight excluding hydrogens is 264 g/mol. The molecule has 5 nitrogen and oxygen atoms in total. The van der Waals surface area contributed by atoms with Crippen molar-refractivity contribution in [3.05, 3.63) is 29.8 Å². The maximum Gasteiger partial charge on any atom is 0.214 e. The van der Waals surface area contributed by atoms with Crippen LogP contribution in [0.1, 0.15) is 24.4 Å². The molecular formula is C13H18N2O3S. The van der Waals surface area contributed by atoms with Crippen LogP contribution in [0.2, 0.25) is 0 Å². The summed E-state index contributed by atoms with van der Waals surface area (Å²) in [7, 11) is -3.13. The Morgan fingerprint density at radius 1 is 1.32 bits per heavy atom. The molecule has 0 spiro atoms. The SMILES string of the molecule is O=S(=O)(NCC1NCCOc2ccccc21)C1CC1. The largest absolute Gasteiger partial charge is 0.492 e. The molecule has 104 valence electrons. The van der Waals surface area contributed by atoms with E-state index in [-0.39, 0.29) is 11.3 Å². The van der Waals surface area contributed by atoms with Crippen LogP contribution in [0.5, 0.6) is 5.75 Å². The van der Waals surface area contributed by atoms with Crippen LogP contribution >= 0.6 is 0 Å². The van der Waals surface area contributed by atoms with Crippen LogP contribution in [0.4, 0.5) is 0 Å². The van der Waals surface area contributed by atoms with Crippen molar-refractivity contribution in [2.24, 2.45) is 0 Å². The number of benzene rings is 1. The van der Waals surface area contributed by atoms with Gasteiger partial charge in [0.15, 0.2) is 0 Å². The highest BCUT2D eigenvalue weighted by molar-refractivity contribution is 7.90. The maximum absolute atomic E-state index is 11.9. The van der Waals surface area contributed by atoms with Crippen LogP contribution in [0, 0.1) is 0 Å². The molecule has 1 unspecified atom stereocenters. The Morgan fingerprint density at radius 2 is 2.11 bits per heavy atom. The number of nitrogens with one attached hydrogen (secondary N) is 2. The van der Waals surface area contributed by atoms with Crippen molar-refractivity contribution in [1.82, 2.24) is 10.0 Å². The van der Waals surface area contributed by atoms with Gasteiger partial charge in [-0.1, -0.05) is 18.2 Å². The lowest BCUT2D eigenvalue weighted by molar-refractivity contribution is 0.324. The molecule has 2 aliphatic rings. The highest BCUT2D eigenvalue weighted by atomic mass is 32.2. The minimum absolute atomic E-state index is 0.0350. The van der Waals surface area contributed by atoms with Gasteiger partial charge in [-0.25, -0.2) is 13.1 Å². The predicted molar refractivity (Wildman–Crippen MR) is 72.6 cm³/mol. The molecule has 1 saturated carbocycles. The van der Waals surface area contributed by atoms with Crippen molar-refractivity contribution in [2.45, 2.75) is 24.1 Å². The van der Waals surface area contributed by atoms with E-state index in [1.807, 2.05) is 24.3 Å². The molecule has 1 fully saturated rings. The van der Waals surface area contributed by atoms with Gasteiger partial charge in [-0.2, -0.15) is 0 Å². The van der Waals surface area contributed by atoms with Gasteiger partial charge < -0.3 is 10.1 Å².